The maximum atomic E-state index is 12.5. The first-order chi connectivity index (χ1) is 13.1. The highest BCUT2D eigenvalue weighted by Gasteiger charge is 2.23. The van der Waals surface area contributed by atoms with E-state index in [1.54, 1.807) is 6.07 Å². The second-order valence-corrected chi connectivity index (χ2v) is 6.65. The fraction of sp³-hybridized carbons (Fsp3) is 0.333. The van der Waals surface area contributed by atoms with Crippen LogP contribution >= 0.6 is 0 Å². The molecule has 1 aliphatic heterocycles. The van der Waals surface area contributed by atoms with Crippen molar-refractivity contribution in [2.75, 3.05) is 20.2 Å². The summed E-state index contributed by atoms with van der Waals surface area (Å²) < 4.78 is 11.5. The van der Waals surface area contributed by atoms with Crippen LogP contribution in [0.4, 0.5) is 0 Å². The summed E-state index contributed by atoms with van der Waals surface area (Å²) in [5.41, 5.74) is 1.62. The zero-order chi connectivity index (χ0) is 19.2. The molecule has 0 saturated carbocycles. The molecule has 6 nitrogen and oxygen atoms in total. The SMILES string of the molecule is CC(C(=O)NCC1COc2ccccc2O1)N(C)Cc1cccc(C#N)c1. The molecule has 2 atom stereocenters. The zero-order valence-electron chi connectivity index (χ0n) is 15.5. The molecule has 0 bridgehead atoms. The number of nitrogens with zero attached hydrogens (tertiary/aromatic N) is 2. The third-order valence-corrected chi connectivity index (χ3v) is 4.60. The van der Waals surface area contributed by atoms with Crippen molar-refractivity contribution in [2.24, 2.45) is 0 Å². The van der Waals surface area contributed by atoms with Gasteiger partial charge in [-0.25, -0.2) is 0 Å². The maximum absolute atomic E-state index is 12.5. The number of hydrogen-bond donors (Lipinski definition) is 1. The van der Waals surface area contributed by atoms with E-state index in [1.807, 2.05) is 61.3 Å². The lowest BCUT2D eigenvalue weighted by atomic mass is 10.1. The Kier molecular flexibility index (Phi) is 5.94. The van der Waals surface area contributed by atoms with Crippen LogP contribution < -0.4 is 14.8 Å². The van der Waals surface area contributed by atoms with Crippen molar-refractivity contribution >= 4 is 5.91 Å². The predicted octanol–water partition coefficient (Wildman–Crippen LogP) is 2.33. The fourth-order valence-corrected chi connectivity index (χ4v) is 2.89. The second kappa shape index (κ2) is 8.56. The maximum Gasteiger partial charge on any atom is 0.237 e. The Morgan fingerprint density at radius 2 is 2.07 bits per heavy atom. The summed E-state index contributed by atoms with van der Waals surface area (Å²) in [6.45, 7) is 3.23. The van der Waals surface area contributed by atoms with Crippen molar-refractivity contribution in [1.82, 2.24) is 10.2 Å². The first-order valence-corrected chi connectivity index (χ1v) is 8.92. The van der Waals surface area contributed by atoms with Gasteiger partial charge in [-0.05, 0) is 43.8 Å². The number of para-hydroxylation sites is 2. The molecule has 2 unspecified atom stereocenters. The summed E-state index contributed by atoms with van der Waals surface area (Å²) in [5, 5.41) is 11.9. The minimum absolute atomic E-state index is 0.0728. The van der Waals surface area contributed by atoms with Gasteiger partial charge >= 0.3 is 0 Å². The first-order valence-electron chi connectivity index (χ1n) is 8.92. The Hall–Kier alpha value is -3.04. The minimum Gasteiger partial charge on any atom is -0.486 e. The van der Waals surface area contributed by atoms with Crippen LogP contribution in [-0.4, -0.2) is 43.2 Å². The third kappa shape index (κ3) is 4.78. The van der Waals surface area contributed by atoms with Crippen LogP contribution in [-0.2, 0) is 11.3 Å². The molecule has 1 N–H and O–H groups in total. The smallest absolute Gasteiger partial charge is 0.237 e. The average molecular weight is 365 g/mol. The van der Waals surface area contributed by atoms with E-state index in [1.165, 1.54) is 0 Å². The largest absolute Gasteiger partial charge is 0.486 e. The summed E-state index contributed by atoms with van der Waals surface area (Å²) in [4.78, 5) is 14.4. The lowest BCUT2D eigenvalue weighted by Gasteiger charge is -2.28. The normalized spacial score (nSPS) is 16.4. The van der Waals surface area contributed by atoms with Gasteiger partial charge in [0.15, 0.2) is 11.5 Å². The van der Waals surface area contributed by atoms with E-state index >= 15 is 0 Å². The topological polar surface area (TPSA) is 74.6 Å². The molecular formula is C21H23N3O3. The highest BCUT2D eigenvalue weighted by molar-refractivity contribution is 5.81. The van der Waals surface area contributed by atoms with Crippen LogP contribution in [0, 0.1) is 11.3 Å². The van der Waals surface area contributed by atoms with Gasteiger partial charge in [0, 0.05) is 6.54 Å². The Balaban J connectivity index is 1.49. The summed E-state index contributed by atoms with van der Waals surface area (Å²) in [5.74, 6) is 1.36. The number of carbonyl (C=O) groups is 1. The number of nitrogens with one attached hydrogen (secondary N) is 1. The van der Waals surface area contributed by atoms with Gasteiger partial charge in [0.2, 0.25) is 5.91 Å². The van der Waals surface area contributed by atoms with Crippen LogP contribution in [0.5, 0.6) is 11.5 Å². The monoisotopic (exact) mass is 365 g/mol. The van der Waals surface area contributed by atoms with Crippen molar-refractivity contribution in [3.8, 4) is 17.6 Å². The number of fused-ring (bicyclic) bond motifs is 1. The Bertz CT molecular complexity index is 847. The molecule has 27 heavy (non-hydrogen) atoms. The van der Waals surface area contributed by atoms with Gasteiger partial charge in [-0.15, -0.1) is 0 Å². The second-order valence-electron chi connectivity index (χ2n) is 6.65. The van der Waals surface area contributed by atoms with Gasteiger partial charge in [-0.3, -0.25) is 9.69 Å². The van der Waals surface area contributed by atoms with E-state index in [-0.39, 0.29) is 18.1 Å². The number of benzene rings is 2. The van der Waals surface area contributed by atoms with Crippen LogP contribution in [0.1, 0.15) is 18.1 Å². The van der Waals surface area contributed by atoms with E-state index in [0.29, 0.717) is 31.0 Å². The summed E-state index contributed by atoms with van der Waals surface area (Å²) in [6.07, 6.45) is -0.214. The Labute approximate surface area is 159 Å². The molecular weight excluding hydrogens is 342 g/mol. The van der Waals surface area contributed by atoms with Crippen molar-refractivity contribution in [2.45, 2.75) is 25.6 Å². The predicted molar refractivity (Wildman–Crippen MR) is 101 cm³/mol. The third-order valence-electron chi connectivity index (χ3n) is 4.60. The molecule has 0 radical (unpaired) electrons. The van der Waals surface area contributed by atoms with Gasteiger partial charge < -0.3 is 14.8 Å². The van der Waals surface area contributed by atoms with E-state index < -0.39 is 0 Å². The molecule has 2 aromatic rings. The van der Waals surface area contributed by atoms with Crippen molar-refractivity contribution in [3.05, 3.63) is 59.7 Å². The Morgan fingerprint density at radius 1 is 1.30 bits per heavy atom. The molecule has 0 saturated heterocycles. The van der Waals surface area contributed by atoms with Gasteiger partial charge in [-0.1, -0.05) is 24.3 Å². The molecule has 0 spiro atoms. The summed E-state index contributed by atoms with van der Waals surface area (Å²) in [6, 6.07) is 16.7. The van der Waals surface area contributed by atoms with E-state index in [9.17, 15) is 4.79 Å². The van der Waals surface area contributed by atoms with Crippen LogP contribution in [0.2, 0.25) is 0 Å². The average Bonchev–Trinajstić information content (AvgIpc) is 2.71. The van der Waals surface area contributed by atoms with Crippen molar-refractivity contribution < 1.29 is 14.3 Å². The highest BCUT2D eigenvalue weighted by Crippen LogP contribution is 2.30. The molecule has 0 fully saturated rings. The molecule has 6 heteroatoms. The number of nitriles is 1. The van der Waals surface area contributed by atoms with Crippen molar-refractivity contribution in [1.29, 1.82) is 5.26 Å². The zero-order valence-corrected chi connectivity index (χ0v) is 15.5. The van der Waals surface area contributed by atoms with E-state index in [4.69, 9.17) is 14.7 Å². The number of ether oxygens (including phenoxy) is 2. The molecule has 0 aromatic heterocycles. The number of carbonyl (C=O) groups excluding carboxylic acids is 1. The summed E-state index contributed by atoms with van der Waals surface area (Å²) in [7, 11) is 1.89. The molecule has 0 aliphatic carbocycles. The molecule has 1 aliphatic rings. The van der Waals surface area contributed by atoms with Gasteiger partial charge in [0.05, 0.1) is 24.2 Å². The van der Waals surface area contributed by atoms with Crippen LogP contribution in [0.25, 0.3) is 0 Å². The quantitative estimate of drug-likeness (QED) is 0.850. The van der Waals surface area contributed by atoms with Crippen LogP contribution in [0.3, 0.4) is 0 Å². The molecule has 3 rings (SSSR count). The fourth-order valence-electron chi connectivity index (χ4n) is 2.89. The van der Waals surface area contributed by atoms with Gasteiger partial charge in [0.25, 0.3) is 0 Å². The van der Waals surface area contributed by atoms with E-state index in [2.05, 4.69) is 11.4 Å². The van der Waals surface area contributed by atoms with Crippen molar-refractivity contribution in [3.63, 3.8) is 0 Å². The van der Waals surface area contributed by atoms with E-state index in [0.717, 1.165) is 11.3 Å². The summed E-state index contributed by atoms with van der Waals surface area (Å²) >= 11 is 0. The number of amides is 1. The first kappa shape index (κ1) is 18.7. The molecule has 140 valence electrons. The lowest BCUT2D eigenvalue weighted by Crippen LogP contribution is -2.47. The number of rotatable bonds is 6. The Morgan fingerprint density at radius 3 is 2.85 bits per heavy atom. The van der Waals surface area contributed by atoms with Crippen LogP contribution in [0.15, 0.2) is 48.5 Å². The molecule has 2 aromatic carbocycles. The van der Waals surface area contributed by atoms with Gasteiger partial charge in [0.1, 0.15) is 12.7 Å². The lowest BCUT2D eigenvalue weighted by molar-refractivity contribution is -0.126. The standard InChI is InChI=1S/C21H23N3O3/c1-15(24(2)13-17-7-5-6-16(10-17)11-22)21(25)23-12-18-14-26-19-8-3-4-9-20(19)27-18/h3-10,15,18H,12-14H2,1-2H3,(H,23,25). The number of likely N-dealkylation sites (N-methyl/N-ethyl adjacent to an activating group) is 1. The van der Waals surface area contributed by atoms with Gasteiger partial charge in [-0.2, -0.15) is 5.26 Å². The highest BCUT2D eigenvalue weighted by atomic mass is 16.6. The molecule has 1 heterocycles. The number of hydrogen-bond acceptors (Lipinski definition) is 5. The minimum atomic E-state index is -0.312. The molecule has 1 amide bonds.